The van der Waals surface area contributed by atoms with Crippen LogP contribution in [0.25, 0.3) is 0 Å². The molecule has 4 nitrogen and oxygen atoms in total. The van der Waals surface area contributed by atoms with E-state index in [1.165, 1.54) is 38.5 Å². The zero-order valence-electron chi connectivity index (χ0n) is 12.8. The van der Waals surface area contributed by atoms with Crippen LogP contribution in [0.2, 0.25) is 0 Å². The third-order valence-electron chi connectivity index (χ3n) is 3.91. The third kappa shape index (κ3) is 8.58. The van der Waals surface area contributed by atoms with Crippen molar-refractivity contribution < 1.29 is 9.47 Å². The van der Waals surface area contributed by atoms with E-state index in [-0.39, 0.29) is 0 Å². The van der Waals surface area contributed by atoms with Gasteiger partial charge in [0.25, 0.3) is 0 Å². The summed E-state index contributed by atoms with van der Waals surface area (Å²) < 4.78 is 10.3. The van der Waals surface area contributed by atoms with Gasteiger partial charge in [0.05, 0.1) is 13.2 Å². The van der Waals surface area contributed by atoms with Gasteiger partial charge in [-0.2, -0.15) is 0 Å². The molecule has 0 bridgehead atoms. The fraction of sp³-hybridized carbons (Fsp3) is 1.00. The molecule has 0 unspecified atom stereocenters. The van der Waals surface area contributed by atoms with Gasteiger partial charge in [0, 0.05) is 33.4 Å². The maximum absolute atomic E-state index is 5.16. The van der Waals surface area contributed by atoms with Crippen LogP contribution in [0.15, 0.2) is 0 Å². The first-order valence-electron chi connectivity index (χ1n) is 7.80. The largest absolute Gasteiger partial charge is 0.383 e. The molecule has 0 spiro atoms. The van der Waals surface area contributed by atoms with Crippen LogP contribution in [0.1, 0.15) is 38.5 Å². The van der Waals surface area contributed by atoms with Gasteiger partial charge < -0.3 is 14.8 Å². The zero-order valence-corrected chi connectivity index (χ0v) is 12.8. The summed E-state index contributed by atoms with van der Waals surface area (Å²) >= 11 is 0. The molecule has 0 amide bonds. The highest BCUT2D eigenvalue weighted by atomic mass is 16.5. The molecule has 0 aromatic rings. The molecule has 0 atom stereocenters. The van der Waals surface area contributed by atoms with E-state index < -0.39 is 0 Å². The van der Waals surface area contributed by atoms with Crippen LogP contribution in [0.5, 0.6) is 0 Å². The molecule has 1 N–H and O–H groups in total. The first-order chi connectivity index (χ1) is 9.36. The number of nitrogens with zero attached hydrogens (tertiary/aromatic N) is 1. The van der Waals surface area contributed by atoms with Gasteiger partial charge in [-0.1, -0.05) is 19.3 Å². The Kier molecular flexibility index (Phi) is 10.4. The predicted octanol–water partition coefficient (Wildman–Crippen LogP) is 1.89. The first kappa shape index (κ1) is 16.9. The van der Waals surface area contributed by atoms with E-state index >= 15 is 0 Å². The van der Waals surface area contributed by atoms with Gasteiger partial charge >= 0.3 is 0 Å². The molecule has 1 fully saturated rings. The second-order valence-corrected chi connectivity index (χ2v) is 5.47. The van der Waals surface area contributed by atoms with Gasteiger partial charge in [-0.25, -0.2) is 0 Å². The summed E-state index contributed by atoms with van der Waals surface area (Å²) in [6, 6.07) is 0.778. The third-order valence-corrected chi connectivity index (χ3v) is 3.91. The second-order valence-electron chi connectivity index (χ2n) is 5.47. The molecule has 114 valence electrons. The highest BCUT2D eigenvalue weighted by molar-refractivity contribution is 4.72. The monoisotopic (exact) mass is 272 g/mol. The zero-order chi connectivity index (χ0) is 13.8. The highest BCUT2D eigenvalue weighted by Gasteiger charge is 2.12. The van der Waals surface area contributed by atoms with Crippen molar-refractivity contribution in [3.05, 3.63) is 0 Å². The summed E-state index contributed by atoms with van der Waals surface area (Å²) in [5, 5.41) is 3.70. The molecular formula is C15H32N2O2. The Morgan fingerprint density at radius 2 is 1.58 bits per heavy atom. The fourth-order valence-corrected chi connectivity index (χ4v) is 2.69. The van der Waals surface area contributed by atoms with E-state index in [0.29, 0.717) is 0 Å². The molecule has 0 heterocycles. The maximum atomic E-state index is 5.16. The molecule has 0 aromatic carbocycles. The van der Waals surface area contributed by atoms with Gasteiger partial charge in [0.15, 0.2) is 0 Å². The Morgan fingerprint density at radius 1 is 0.947 bits per heavy atom. The van der Waals surface area contributed by atoms with E-state index in [2.05, 4.69) is 10.2 Å². The molecular weight excluding hydrogens is 240 g/mol. The summed E-state index contributed by atoms with van der Waals surface area (Å²) in [5.41, 5.74) is 0. The van der Waals surface area contributed by atoms with E-state index in [1.54, 1.807) is 14.2 Å². The van der Waals surface area contributed by atoms with Crippen molar-refractivity contribution in [3.63, 3.8) is 0 Å². The lowest BCUT2D eigenvalue weighted by molar-refractivity contribution is 0.113. The van der Waals surface area contributed by atoms with E-state index in [0.717, 1.165) is 45.4 Å². The standard InChI is InChI=1S/C15H32N2O2/c1-18-13-11-17(12-14-19-2)10-6-9-16-15-7-4-3-5-8-15/h15-16H,3-14H2,1-2H3. The van der Waals surface area contributed by atoms with Crippen molar-refractivity contribution in [2.75, 3.05) is 53.6 Å². The topological polar surface area (TPSA) is 33.7 Å². The molecule has 1 aliphatic rings. The van der Waals surface area contributed by atoms with Crippen LogP contribution in [-0.2, 0) is 9.47 Å². The van der Waals surface area contributed by atoms with Gasteiger partial charge in [-0.05, 0) is 32.4 Å². The first-order valence-corrected chi connectivity index (χ1v) is 7.80. The lowest BCUT2D eigenvalue weighted by Crippen LogP contribution is -2.36. The lowest BCUT2D eigenvalue weighted by atomic mass is 9.95. The smallest absolute Gasteiger partial charge is 0.0589 e. The van der Waals surface area contributed by atoms with Crippen LogP contribution in [0, 0.1) is 0 Å². The van der Waals surface area contributed by atoms with E-state index in [1.807, 2.05) is 0 Å². The normalized spacial score (nSPS) is 17.2. The van der Waals surface area contributed by atoms with Crippen molar-refractivity contribution in [2.45, 2.75) is 44.6 Å². The molecule has 1 aliphatic carbocycles. The SMILES string of the molecule is COCCN(CCCNC1CCCCC1)CCOC. The van der Waals surface area contributed by atoms with Crippen molar-refractivity contribution in [1.82, 2.24) is 10.2 Å². The molecule has 19 heavy (non-hydrogen) atoms. The summed E-state index contributed by atoms with van der Waals surface area (Å²) in [7, 11) is 3.53. The second kappa shape index (κ2) is 11.6. The summed E-state index contributed by atoms with van der Waals surface area (Å²) in [4.78, 5) is 2.43. The molecule has 1 rings (SSSR count). The van der Waals surface area contributed by atoms with Crippen LogP contribution in [0.4, 0.5) is 0 Å². The van der Waals surface area contributed by atoms with Gasteiger partial charge in [0.1, 0.15) is 0 Å². The minimum Gasteiger partial charge on any atom is -0.383 e. The lowest BCUT2D eigenvalue weighted by Gasteiger charge is -2.25. The Balaban J connectivity index is 2.04. The van der Waals surface area contributed by atoms with E-state index in [4.69, 9.17) is 9.47 Å². The number of hydrogen-bond donors (Lipinski definition) is 1. The fourth-order valence-electron chi connectivity index (χ4n) is 2.69. The Morgan fingerprint density at radius 3 is 2.16 bits per heavy atom. The van der Waals surface area contributed by atoms with Crippen molar-refractivity contribution in [1.29, 1.82) is 0 Å². The average Bonchev–Trinajstić information content (AvgIpc) is 2.46. The van der Waals surface area contributed by atoms with Crippen LogP contribution in [0.3, 0.4) is 0 Å². The van der Waals surface area contributed by atoms with Gasteiger partial charge in [-0.3, -0.25) is 4.90 Å². The number of methoxy groups -OCH3 is 2. The average molecular weight is 272 g/mol. The molecule has 0 aliphatic heterocycles. The Labute approximate surface area is 118 Å². The summed E-state index contributed by atoms with van der Waals surface area (Å²) in [6.07, 6.45) is 8.20. The van der Waals surface area contributed by atoms with Gasteiger partial charge in [0.2, 0.25) is 0 Å². The molecule has 0 radical (unpaired) electrons. The Bertz CT molecular complexity index is 189. The van der Waals surface area contributed by atoms with Crippen LogP contribution >= 0.6 is 0 Å². The van der Waals surface area contributed by atoms with E-state index in [9.17, 15) is 0 Å². The number of nitrogens with one attached hydrogen (secondary N) is 1. The number of ether oxygens (including phenoxy) is 2. The number of hydrogen-bond acceptors (Lipinski definition) is 4. The van der Waals surface area contributed by atoms with Crippen LogP contribution < -0.4 is 5.32 Å². The molecule has 0 saturated heterocycles. The van der Waals surface area contributed by atoms with Gasteiger partial charge in [-0.15, -0.1) is 0 Å². The maximum Gasteiger partial charge on any atom is 0.0589 e. The summed E-state index contributed by atoms with van der Waals surface area (Å²) in [5.74, 6) is 0. The van der Waals surface area contributed by atoms with Crippen molar-refractivity contribution in [3.8, 4) is 0 Å². The predicted molar refractivity (Wildman–Crippen MR) is 79.7 cm³/mol. The minimum atomic E-state index is 0.778. The molecule has 0 aromatic heterocycles. The molecule has 4 heteroatoms. The number of rotatable bonds is 11. The van der Waals surface area contributed by atoms with Crippen LogP contribution in [-0.4, -0.2) is 64.6 Å². The minimum absolute atomic E-state index is 0.778. The molecule has 1 saturated carbocycles. The summed E-state index contributed by atoms with van der Waals surface area (Å²) in [6.45, 7) is 5.89. The van der Waals surface area contributed by atoms with Crippen molar-refractivity contribution >= 4 is 0 Å². The quantitative estimate of drug-likeness (QED) is 0.582. The highest BCUT2D eigenvalue weighted by Crippen LogP contribution is 2.17. The van der Waals surface area contributed by atoms with Crippen molar-refractivity contribution in [2.24, 2.45) is 0 Å². The Hall–Kier alpha value is -0.160.